The Balaban J connectivity index is 2.28. The number of anilines is 1. The van der Waals surface area contributed by atoms with E-state index in [9.17, 15) is 9.59 Å². The summed E-state index contributed by atoms with van der Waals surface area (Å²) in [4.78, 5) is 28.9. The average molecular weight is 276 g/mol. The van der Waals surface area contributed by atoms with E-state index in [-0.39, 0.29) is 11.6 Å². The van der Waals surface area contributed by atoms with Crippen LogP contribution in [0.1, 0.15) is 27.7 Å². The van der Waals surface area contributed by atoms with Gasteiger partial charge in [0.1, 0.15) is 0 Å². The van der Waals surface area contributed by atoms with Crippen LogP contribution in [-0.4, -0.2) is 21.4 Å². The van der Waals surface area contributed by atoms with Gasteiger partial charge in [-0.2, -0.15) is 0 Å². The number of carbonyl (C=O) groups is 1. The van der Waals surface area contributed by atoms with Gasteiger partial charge in [-0.15, -0.1) is 0 Å². The third-order valence-electron chi connectivity index (χ3n) is 3.95. The van der Waals surface area contributed by atoms with Crippen LogP contribution in [0.5, 0.6) is 0 Å². The number of benzene rings is 1. The molecule has 0 aliphatic carbocycles. The summed E-state index contributed by atoms with van der Waals surface area (Å²) in [5, 5.41) is 2.84. The van der Waals surface area contributed by atoms with Crippen LogP contribution in [0.2, 0.25) is 0 Å². The van der Waals surface area contributed by atoms with Crippen molar-refractivity contribution in [3.8, 4) is 0 Å². The number of nitrogens with two attached hydrogens (primary N) is 1. The van der Waals surface area contributed by atoms with E-state index in [0.717, 1.165) is 0 Å². The Labute approximate surface area is 116 Å². The average Bonchev–Trinajstić information content (AvgIpc) is 2.66. The summed E-state index contributed by atoms with van der Waals surface area (Å²) < 4.78 is 0. The Kier molecular flexibility index (Phi) is 3.21. The van der Waals surface area contributed by atoms with Gasteiger partial charge < -0.3 is 21.0 Å². The van der Waals surface area contributed by atoms with Crippen molar-refractivity contribution in [1.29, 1.82) is 0 Å². The van der Waals surface area contributed by atoms with Gasteiger partial charge in [0.05, 0.1) is 16.4 Å². The summed E-state index contributed by atoms with van der Waals surface area (Å²) in [6.45, 7) is 7.25. The summed E-state index contributed by atoms with van der Waals surface area (Å²) in [5.41, 5.74) is 6.37. The second-order valence-corrected chi connectivity index (χ2v) is 6.14. The quantitative estimate of drug-likeness (QED) is 0.683. The summed E-state index contributed by atoms with van der Waals surface area (Å²) >= 11 is 0. The largest absolute Gasteiger partial charge is 0.325 e. The molecule has 6 heteroatoms. The first-order valence-corrected chi connectivity index (χ1v) is 6.43. The van der Waals surface area contributed by atoms with E-state index in [4.69, 9.17) is 5.73 Å². The van der Waals surface area contributed by atoms with E-state index >= 15 is 0 Å². The SMILES string of the molecule is CC(C)(N)C(C)(C)C(=O)Nc1ccc2[nH]c(=O)[nH]c2c1. The third kappa shape index (κ3) is 2.46. The van der Waals surface area contributed by atoms with Gasteiger partial charge in [0, 0.05) is 11.2 Å². The molecule has 0 saturated heterocycles. The molecule has 5 N–H and O–H groups in total. The fraction of sp³-hybridized carbons (Fsp3) is 0.429. The first kappa shape index (κ1) is 14.3. The van der Waals surface area contributed by atoms with Crippen LogP contribution >= 0.6 is 0 Å². The van der Waals surface area contributed by atoms with Gasteiger partial charge >= 0.3 is 5.69 Å². The van der Waals surface area contributed by atoms with Gasteiger partial charge in [-0.05, 0) is 45.9 Å². The Morgan fingerprint density at radius 2 is 1.75 bits per heavy atom. The summed E-state index contributed by atoms with van der Waals surface area (Å²) in [5.74, 6) is -0.165. The molecule has 20 heavy (non-hydrogen) atoms. The van der Waals surface area contributed by atoms with E-state index < -0.39 is 11.0 Å². The van der Waals surface area contributed by atoms with Crippen molar-refractivity contribution in [2.45, 2.75) is 33.2 Å². The highest BCUT2D eigenvalue weighted by Gasteiger charge is 2.40. The van der Waals surface area contributed by atoms with Gasteiger partial charge in [0.2, 0.25) is 5.91 Å². The van der Waals surface area contributed by atoms with Crippen LogP contribution < -0.4 is 16.7 Å². The van der Waals surface area contributed by atoms with Gasteiger partial charge in [-0.25, -0.2) is 4.79 Å². The summed E-state index contributed by atoms with van der Waals surface area (Å²) in [7, 11) is 0. The fourth-order valence-electron chi connectivity index (χ4n) is 1.69. The first-order chi connectivity index (χ1) is 9.11. The molecule has 0 fully saturated rings. The highest BCUT2D eigenvalue weighted by molar-refractivity contribution is 5.97. The Morgan fingerprint density at radius 3 is 2.35 bits per heavy atom. The minimum Gasteiger partial charge on any atom is -0.325 e. The molecule has 1 amide bonds. The van der Waals surface area contributed by atoms with Crippen molar-refractivity contribution < 1.29 is 4.79 Å². The molecule has 2 aromatic rings. The maximum atomic E-state index is 12.4. The number of nitrogens with one attached hydrogen (secondary N) is 3. The Morgan fingerprint density at radius 1 is 1.15 bits per heavy atom. The molecule has 0 unspecified atom stereocenters. The Hall–Kier alpha value is -2.08. The first-order valence-electron chi connectivity index (χ1n) is 6.43. The third-order valence-corrected chi connectivity index (χ3v) is 3.95. The van der Waals surface area contributed by atoms with E-state index in [1.807, 2.05) is 13.8 Å². The Bertz CT molecular complexity index is 704. The van der Waals surface area contributed by atoms with Crippen molar-refractivity contribution in [2.24, 2.45) is 11.1 Å². The minimum atomic E-state index is -0.729. The molecule has 0 spiro atoms. The van der Waals surface area contributed by atoms with Crippen LogP contribution in [0.15, 0.2) is 23.0 Å². The maximum Gasteiger partial charge on any atom is 0.323 e. The zero-order valence-electron chi connectivity index (χ0n) is 12.1. The molecule has 1 aromatic heterocycles. The van der Waals surface area contributed by atoms with Gasteiger partial charge in [-0.3, -0.25) is 4.79 Å². The van der Waals surface area contributed by atoms with Crippen molar-refractivity contribution in [2.75, 3.05) is 5.32 Å². The lowest BCUT2D eigenvalue weighted by Gasteiger charge is -2.36. The molecular formula is C14H20N4O2. The molecule has 0 bridgehead atoms. The lowest BCUT2D eigenvalue weighted by Crippen LogP contribution is -2.53. The highest BCUT2D eigenvalue weighted by Crippen LogP contribution is 2.30. The second-order valence-electron chi connectivity index (χ2n) is 6.14. The molecule has 108 valence electrons. The van der Waals surface area contributed by atoms with Gasteiger partial charge in [0.15, 0.2) is 0 Å². The standard InChI is InChI=1S/C14H20N4O2/c1-13(2,14(3,4)15)11(19)16-8-5-6-9-10(7-8)18-12(20)17-9/h5-7H,15H2,1-4H3,(H,16,19)(H2,17,18,20). The predicted molar refractivity (Wildman–Crippen MR) is 79.6 cm³/mol. The molecule has 0 radical (unpaired) electrons. The number of imidazole rings is 1. The number of rotatable bonds is 3. The zero-order valence-corrected chi connectivity index (χ0v) is 12.1. The molecule has 0 atom stereocenters. The minimum absolute atomic E-state index is 0.165. The summed E-state index contributed by atoms with van der Waals surface area (Å²) in [6, 6.07) is 5.19. The van der Waals surface area contributed by atoms with E-state index in [1.54, 1.807) is 32.0 Å². The second kappa shape index (κ2) is 4.49. The van der Waals surface area contributed by atoms with Crippen molar-refractivity contribution in [3.05, 3.63) is 28.7 Å². The van der Waals surface area contributed by atoms with Crippen LogP contribution in [0, 0.1) is 5.41 Å². The predicted octanol–water partition coefficient (Wildman–Crippen LogP) is 1.56. The number of aromatic amines is 2. The van der Waals surface area contributed by atoms with Crippen LogP contribution in [0.25, 0.3) is 11.0 Å². The summed E-state index contributed by atoms with van der Waals surface area (Å²) in [6.07, 6.45) is 0. The lowest BCUT2D eigenvalue weighted by atomic mass is 9.74. The molecule has 0 saturated carbocycles. The number of amides is 1. The van der Waals surface area contributed by atoms with Crippen molar-refractivity contribution in [1.82, 2.24) is 9.97 Å². The number of hydrogen-bond donors (Lipinski definition) is 4. The molecule has 1 aromatic carbocycles. The van der Waals surface area contributed by atoms with Crippen molar-refractivity contribution >= 4 is 22.6 Å². The van der Waals surface area contributed by atoms with E-state index in [1.165, 1.54) is 0 Å². The lowest BCUT2D eigenvalue weighted by molar-refractivity contribution is -0.126. The molecule has 6 nitrogen and oxygen atoms in total. The molecule has 0 aliphatic heterocycles. The van der Waals surface area contributed by atoms with E-state index in [0.29, 0.717) is 16.7 Å². The fourth-order valence-corrected chi connectivity index (χ4v) is 1.69. The number of H-pyrrole nitrogens is 2. The number of hydrogen-bond acceptors (Lipinski definition) is 3. The number of fused-ring (bicyclic) bond motifs is 1. The zero-order chi connectivity index (χ0) is 15.1. The number of carbonyl (C=O) groups excluding carboxylic acids is 1. The molecular weight excluding hydrogens is 256 g/mol. The van der Waals surface area contributed by atoms with Crippen LogP contribution in [0.4, 0.5) is 5.69 Å². The topological polar surface area (TPSA) is 104 Å². The number of aromatic nitrogens is 2. The highest BCUT2D eigenvalue weighted by atomic mass is 16.2. The molecule has 0 aliphatic rings. The van der Waals surface area contributed by atoms with E-state index in [2.05, 4.69) is 15.3 Å². The smallest absolute Gasteiger partial charge is 0.323 e. The van der Waals surface area contributed by atoms with Gasteiger partial charge in [-0.1, -0.05) is 0 Å². The monoisotopic (exact) mass is 276 g/mol. The normalized spacial score (nSPS) is 12.7. The maximum absolute atomic E-state index is 12.4. The molecule has 2 rings (SSSR count). The van der Waals surface area contributed by atoms with Crippen LogP contribution in [0.3, 0.4) is 0 Å². The van der Waals surface area contributed by atoms with Gasteiger partial charge in [0.25, 0.3) is 0 Å². The van der Waals surface area contributed by atoms with Crippen LogP contribution in [-0.2, 0) is 4.79 Å². The molecule has 1 heterocycles. The van der Waals surface area contributed by atoms with Crippen molar-refractivity contribution in [3.63, 3.8) is 0 Å².